The van der Waals surface area contributed by atoms with Crippen molar-refractivity contribution >= 4 is 48.0 Å². The number of carbonyl (C=O) groups is 6. The molecule has 14 nitrogen and oxygen atoms in total. The van der Waals surface area contributed by atoms with Crippen molar-refractivity contribution in [3.8, 4) is 0 Å². The van der Waals surface area contributed by atoms with Gasteiger partial charge in [-0.15, -0.1) is 12.4 Å². The fraction of sp³-hybridized carbons (Fsp3) is 0.438. The second kappa shape index (κ2) is 17.1. The van der Waals surface area contributed by atoms with Gasteiger partial charge in [0.25, 0.3) is 0 Å². The predicted octanol–water partition coefficient (Wildman–Crippen LogP) is -0.332. The molecule has 0 spiro atoms. The van der Waals surface area contributed by atoms with Crippen LogP contribution in [-0.2, 0) is 51.1 Å². The van der Waals surface area contributed by atoms with Crippen LogP contribution in [0.2, 0.25) is 0 Å². The second-order valence-electron chi connectivity index (χ2n) is 11.5. The van der Waals surface area contributed by atoms with Gasteiger partial charge in [0.15, 0.2) is 13.5 Å². The highest BCUT2D eigenvalue weighted by Gasteiger charge is 2.40. The number of carbonyl (C=O) groups excluding carboxylic acids is 6. The number of benzene rings is 2. The molecule has 2 saturated heterocycles. The summed E-state index contributed by atoms with van der Waals surface area (Å²) in [6, 6.07) is 15.6. The lowest BCUT2D eigenvalue weighted by molar-refractivity contribution is -0.169. The van der Waals surface area contributed by atoms with Crippen LogP contribution in [0, 0.1) is 0 Å². The molecule has 2 aromatic carbocycles. The van der Waals surface area contributed by atoms with Gasteiger partial charge in [-0.3, -0.25) is 38.6 Å². The van der Waals surface area contributed by atoms with Gasteiger partial charge in [0.2, 0.25) is 23.6 Å². The van der Waals surface area contributed by atoms with Crippen molar-refractivity contribution in [1.82, 2.24) is 19.6 Å². The summed E-state index contributed by atoms with van der Waals surface area (Å²) in [6.45, 7) is 1.98. The van der Waals surface area contributed by atoms with Crippen molar-refractivity contribution in [3.05, 3.63) is 71.8 Å². The van der Waals surface area contributed by atoms with Gasteiger partial charge in [0, 0.05) is 12.1 Å². The molecule has 15 heteroatoms. The Bertz CT molecular complexity index is 1290. The highest BCUT2D eigenvalue weighted by atomic mass is 35.5. The summed E-state index contributed by atoms with van der Waals surface area (Å²) < 4.78 is 10.4. The third-order valence-corrected chi connectivity index (χ3v) is 8.28. The first-order valence-electron chi connectivity index (χ1n) is 15.0. The Labute approximate surface area is 279 Å². The molecule has 2 aromatic rings. The van der Waals surface area contributed by atoms with Crippen LogP contribution < -0.4 is 11.5 Å². The number of nitrogens with two attached hydrogens (primary N) is 2. The number of hydrogen-bond donors (Lipinski definition) is 2. The standard InChI is InChI=1S/C32H40N6O8.ClH/c1-21(35-15-27(39)37(28(40)16-35)19-45-31(43)25(33)13-23-9-5-3-6-10-23)22(2)36-17-29(41)38(30(42)18-36)20-46-32(44)26(34)14-24-11-7-4-8-12-24;/h3-12,21-22,25-26H,13-20,33-34H2,1-2H3;1H/t21-,22+,25-,26-;/m0./s1. The molecule has 4 atom stereocenters. The van der Waals surface area contributed by atoms with E-state index in [1.54, 1.807) is 23.6 Å². The van der Waals surface area contributed by atoms with E-state index in [-0.39, 0.29) is 51.4 Å². The molecule has 0 bridgehead atoms. The first-order valence-corrected chi connectivity index (χ1v) is 15.0. The summed E-state index contributed by atoms with van der Waals surface area (Å²) in [7, 11) is 0. The third-order valence-electron chi connectivity index (χ3n) is 8.28. The van der Waals surface area contributed by atoms with Gasteiger partial charge >= 0.3 is 11.9 Å². The fourth-order valence-electron chi connectivity index (χ4n) is 5.27. The largest absolute Gasteiger partial charge is 0.443 e. The Morgan fingerprint density at radius 3 is 1.21 bits per heavy atom. The van der Waals surface area contributed by atoms with Gasteiger partial charge in [0.05, 0.1) is 26.2 Å². The topological polar surface area (TPSA) is 186 Å². The number of ether oxygens (including phenoxy) is 2. The van der Waals surface area contributed by atoms with Crippen molar-refractivity contribution in [1.29, 1.82) is 0 Å². The van der Waals surface area contributed by atoms with Crippen LogP contribution in [-0.4, -0.2) is 119 Å². The average Bonchev–Trinajstić information content (AvgIpc) is 3.03. The quantitative estimate of drug-likeness (QED) is 0.209. The maximum atomic E-state index is 12.9. The van der Waals surface area contributed by atoms with Crippen LogP contribution in [0.1, 0.15) is 25.0 Å². The van der Waals surface area contributed by atoms with E-state index in [4.69, 9.17) is 20.9 Å². The summed E-state index contributed by atoms with van der Waals surface area (Å²) >= 11 is 0. The van der Waals surface area contributed by atoms with Crippen molar-refractivity contribution in [2.45, 2.75) is 50.9 Å². The average molecular weight is 673 g/mol. The van der Waals surface area contributed by atoms with Crippen molar-refractivity contribution in [2.75, 3.05) is 39.6 Å². The molecule has 0 aliphatic carbocycles. The van der Waals surface area contributed by atoms with E-state index < -0.39 is 73.2 Å². The number of rotatable bonds is 13. The zero-order valence-corrected chi connectivity index (χ0v) is 27.2. The van der Waals surface area contributed by atoms with Gasteiger partial charge in [-0.05, 0) is 37.8 Å². The van der Waals surface area contributed by atoms with Crippen LogP contribution in [0.3, 0.4) is 0 Å². The lowest BCUT2D eigenvalue weighted by Gasteiger charge is -2.43. The van der Waals surface area contributed by atoms with Crippen LogP contribution in [0.25, 0.3) is 0 Å². The molecule has 4 amide bonds. The molecule has 2 aliphatic rings. The number of nitrogens with zero attached hydrogens (tertiary/aromatic N) is 4. The summed E-state index contributed by atoms with van der Waals surface area (Å²) in [5.74, 6) is -3.67. The number of halogens is 1. The van der Waals surface area contributed by atoms with Crippen molar-refractivity contribution < 1.29 is 38.2 Å². The van der Waals surface area contributed by atoms with E-state index in [0.29, 0.717) is 0 Å². The molecule has 2 aliphatic heterocycles. The minimum Gasteiger partial charge on any atom is -0.443 e. The SMILES string of the molecule is C[C@H]([C@H](C)N1CC(=O)N(COC(=O)[C@@H](N)Cc2ccccc2)C(=O)C1)N1CC(=O)N(COC(=O)[C@@H](N)Cc2ccccc2)C(=O)C1.Cl. The summed E-state index contributed by atoms with van der Waals surface area (Å²) in [5.41, 5.74) is 13.6. The molecular weight excluding hydrogens is 632 g/mol. The first kappa shape index (κ1) is 37.2. The number of hydrogen-bond acceptors (Lipinski definition) is 12. The summed E-state index contributed by atoms with van der Waals surface area (Å²) in [4.78, 5) is 81.3. The van der Waals surface area contributed by atoms with E-state index in [0.717, 1.165) is 20.9 Å². The maximum absolute atomic E-state index is 12.9. The molecule has 47 heavy (non-hydrogen) atoms. The Kier molecular flexibility index (Phi) is 13.5. The maximum Gasteiger partial charge on any atom is 0.324 e. The van der Waals surface area contributed by atoms with Gasteiger partial charge in [-0.2, -0.15) is 0 Å². The van der Waals surface area contributed by atoms with Crippen LogP contribution in [0.4, 0.5) is 0 Å². The minimum absolute atomic E-state index is 0. The number of esters is 2. The van der Waals surface area contributed by atoms with Crippen LogP contribution >= 0.6 is 12.4 Å². The molecule has 4 rings (SSSR count). The molecule has 2 fully saturated rings. The van der Waals surface area contributed by atoms with Gasteiger partial charge in [-0.1, -0.05) is 60.7 Å². The van der Waals surface area contributed by atoms with Crippen LogP contribution in [0.5, 0.6) is 0 Å². The fourth-order valence-corrected chi connectivity index (χ4v) is 5.27. The van der Waals surface area contributed by atoms with E-state index >= 15 is 0 Å². The van der Waals surface area contributed by atoms with Crippen molar-refractivity contribution in [2.24, 2.45) is 11.5 Å². The minimum atomic E-state index is -0.954. The zero-order chi connectivity index (χ0) is 33.4. The number of amides is 4. The normalized spacial score (nSPS) is 18.6. The van der Waals surface area contributed by atoms with E-state index in [1.165, 1.54) is 0 Å². The Morgan fingerprint density at radius 2 is 0.915 bits per heavy atom. The smallest absolute Gasteiger partial charge is 0.324 e. The second-order valence-corrected chi connectivity index (χ2v) is 11.5. The Balaban J connectivity index is 0.00000600. The van der Waals surface area contributed by atoms with Gasteiger partial charge < -0.3 is 20.9 Å². The molecule has 0 saturated carbocycles. The molecule has 0 aromatic heterocycles. The Morgan fingerprint density at radius 1 is 0.617 bits per heavy atom. The molecular formula is C32H41ClN6O8. The zero-order valence-electron chi connectivity index (χ0n) is 26.4. The van der Waals surface area contributed by atoms with E-state index in [9.17, 15) is 28.8 Å². The lowest BCUT2D eigenvalue weighted by Crippen LogP contribution is -2.63. The molecule has 0 unspecified atom stereocenters. The van der Waals surface area contributed by atoms with E-state index in [1.807, 2.05) is 60.7 Å². The summed E-state index contributed by atoms with van der Waals surface area (Å²) in [5, 5.41) is 0. The highest BCUT2D eigenvalue weighted by Crippen LogP contribution is 2.18. The first-order chi connectivity index (χ1) is 21.9. The van der Waals surface area contributed by atoms with Gasteiger partial charge in [-0.25, -0.2) is 9.80 Å². The van der Waals surface area contributed by atoms with Gasteiger partial charge in [0.1, 0.15) is 12.1 Å². The number of piperazine rings is 2. The summed E-state index contributed by atoms with van der Waals surface area (Å²) in [6.07, 6.45) is 0.496. The Hall–Kier alpha value is -4.21. The molecule has 2 heterocycles. The highest BCUT2D eigenvalue weighted by molar-refractivity contribution is 6.00. The molecule has 4 N–H and O–H groups in total. The predicted molar refractivity (Wildman–Crippen MR) is 171 cm³/mol. The molecule has 0 radical (unpaired) electrons. The van der Waals surface area contributed by atoms with Crippen molar-refractivity contribution in [3.63, 3.8) is 0 Å². The third kappa shape index (κ3) is 9.89. The van der Waals surface area contributed by atoms with E-state index in [2.05, 4.69) is 0 Å². The van der Waals surface area contributed by atoms with Crippen LogP contribution in [0.15, 0.2) is 60.7 Å². The number of imide groups is 2. The molecule has 254 valence electrons. The monoisotopic (exact) mass is 672 g/mol. The lowest BCUT2D eigenvalue weighted by atomic mass is 10.1.